The van der Waals surface area contributed by atoms with Gasteiger partial charge in [-0.1, -0.05) is 194 Å². The van der Waals surface area contributed by atoms with E-state index in [4.69, 9.17) is 0 Å². The summed E-state index contributed by atoms with van der Waals surface area (Å²) in [6.07, 6.45) is 0. The van der Waals surface area contributed by atoms with Crippen molar-refractivity contribution in [3.05, 3.63) is 258 Å². The zero-order valence-electron chi connectivity index (χ0n) is 32.0. The molecule has 3 aliphatic rings. The molecule has 0 N–H and O–H groups in total. The van der Waals surface area contributed by atoms with Gasteiger partial charge in [-0.2, -0.15) is 0 Å². The van der Waals surface area contributed by atoms with Crippen molar-refractivity contribution in [2.24, 2.45) is 0 Å². The minimum absolute atomic E-state index is 0.0722. The van der Waals surface area contributed by atoms with Crippen molar-refractivity contribution in [2.75, 3.05) is 0 Å². The second-order valence-electron chi connectivity index (χ2n) is 15.9. The highest BCUT2D eigenvalue weighted by molar-refractivity contribution is 7.20. The monoisotopic (exact) mass is 753 g/mol. The number of nitrogens with zero attached hydrogens (tertiary/aromatic N) is 1. The minimum Gasteiger partial charge on any atom is -0.309 e. The lowest BCUT2D eigenvalue weighted by molar-refractivity contribution is 0.760. The van der Waals surface area contributed by atoms with Gasteiger partial charge >= 0.3 is 0 Å². The predicted octanol–water partition coefficient (Wildman–Crippen LogP) is 10.8. The third-order valence-corrected chi connectivity index (χ3v) is 18.0. The molecular formula is C56H39NSi. The fourth-order valence-electron chi connectivity index (χ4n) is 10.9. The summed E-state index contributed by atoms with van der Waals surface area (Å²) in [7, 11) is -2.85. The summed E-state index contributed by atoms with van der Waals surface area (Å²) in [4.78, 5) is 0. The maximum Gasteiger partial charge on any atom is 0.179 e. The van der Waals surface area contributed by atoms with Crippen LogP contribution < -0.4 is 20.7 Å². The fourth-order valence-corrected chi connectivity index (χ4v) is 16.0. The van der Waals surface area contributed by atoms with Crippen LogP contribution in [0.2, 0.25) is 0 Å². The first kappa shape index (κ1) is 33.2. The van der Waals surface area contributed by atoms with Gasteiger partial charge in [0.15, 0.2) is 8.07 Å². The molecule has 0 fully saturated rings. The number of rotatable bonds is 6. The zero-order chi connectivity index (χ0) is 38.2. The van der Waals surface area contributed by atoms with Crippen molar-refractivity contribution in [2.45, 2.75) is 11.8 Å². The third kappa shape index (κ3) is 4.64. The summed E-state index contributed by atoms with van der Waals surface area (Å²) in [6, 6.07) is 84.7. The average Bonchev–Trinajstić information content (AvgIpc) is 3.64. The summed E-state index contributed by atoms with van der Waals surface area (Å²) in [6.45, 7) is 0. The van der Waals surface area contributed by atoms with Gasteiger partial charge in [-0.05, 0) is 95.6 Å². The quantitative estimate of drug-likeness (QED) is 0.118. The Bertz CT molecular complexity index is 3070. The molecule has 1 aromatic heterocycles. The summed E-state index contributed by atoms with van der Waals surface area (Å²) < 4.78 is 2.41. The molecule has 3 aliphatic carbocycles. The molecule has 0 aliphatic heterocycles. The molecule has 2 bridgehead atoms. The molecule has 13 rings (SSSR count). The van der Waals surface area contributed by atoms with Crippen LogP contribution in [-0.4, -0.2) is 12.6 Å². The first-order valence-electron chi connectivity index (χ1n) is 20.4. The molecule has 0 amide bonds. The SMILES string of the molecule is c1ccc(-n2c3ccccc3c3cc(-c4cccc5c4C4c6ccccc6C5c5cccc([Si](c6ccccc6)(c6ccccc6)c6ccccc6)c54)ccc32)cc1. The van der Waals surface area contributed by atoms with E-state index in [0.717, 1.165) is 0 Å². The smallest absolute Gasteiger partial charge is 0.179 e. The lowest BCUT2D eigenvalue weighted by Gasteiger charge is -2.47. The van der Waals surface area contributed by atoms with Gasteiger partial charge in [0.1, 0.15) is 0 Å². The van der Waals surface area contributed by atoms with Crippen molar-refractivity contribution >= 4 is 50.6 Å². The Morgan fingerprint density at radius 2 is 0.845 bits per heavy atom. The van der Waals surface area contributed by atoms with Gasteiger partial charge < -0.3 is 4.57 Å². The Kier molecular flexibility index (Phi) is 7.45. The van der Waals surface area contributed by atoms with Crippen molar-refractivity contribution in [1.82, 2.24) is 4.57 Å². The average molecular weight is 754 g/mol. The fraction of sp³-hybridized carbons (Fsp3) is 0.0357. The van der Waals surface area contributed by atoms with Gasteiger partial charge in [-0.15, -0.1) is 0 Å². The molecule has 0 spiro atoms. The van der Waals surface area contributed by atoms with Crippen LogP contribution in [0.3, 0.4) is 0 Å². The number of para-hydroxylation sites is 2. The predicted molar refractivity (Wildman–Crippen MR) is 245 cm³/mol. The number of fused-ring (bicyclic) bond motifs is 3. The molecule has 0 saturated carbocycles. The van der Waals surface area contributed by atoms with Crippen LogP contribution in [-0.2, 0) is 0 Å². The Balaban J connectivity index is 1.15. The van der Waals surface area contributed by atoms with Crippen molar-refractivity contribution < 1.29 is 0 Å². The highest BCUT2D eigenvalue weighted by atomic mass is 28.3. The normalized spacial score (nSPS) is 15.2. The number of hydrogen-bond donors (Lipinski definition) is 0. The summed E-state index contributed by atoms with van der Waals surface area (Å²) in [5.41, 5.74) is 14.9. The molecule has 1 nitrogen and oxygen atoms in total. The molecule has 10 aromatic rings. The standard InChI is InChI=1S/C56H39NSi/c1-5-19-39(20-6-1)57-50-33-16-15-27-44(50)49-37-38(35-36-51(49)57)43-30-17-31-47-53-45-28-13-14-29-46(45)56(54(43)47)55-48(53)32-18-34-52(55)58(40-21-7-2-8-22-40,41-23-9-3-10-24-41)42-25-11-4-12-26-42/h1-37,53,56H. The van der Waals surface area contributed by atoms with Gasteiger partial charge in [0.2, 0.25) is 0 Å². The summed E-state index contributed by atoms with van der Waals surface area (Å²) in [5.74, 6) is 0.215. The van der Waals surface area contributed by atoms with E-state index in [1.54, 1.807) is 0 Å². The van der Waals surface area contributed by atoms with E-state index in [9.17, 15) is 0 Å². The second-order valence-corrected chi connectivity index (χ2v) is 19.7. The van der Waals surface area contributed by atoms with Crippen LogP contribution in [0, 0.1) is 0 Å². The highest BCUT2D eigenvalue weighted by Gasteiger charge is 2.49. The molecule has 2 heteroatoms. The summed E-state index contributed by atoms with van der Waals surface area (Å²) >= 11 is 0. The molecule has 0 saturated heterocycles. The largest absolute Gasteiger partial charge is 0.309 e. The highest BCUT2D eigenvalue weighted by Crippen LogP contribution is 2.57. The molecule has 2 unspecified atom stereocenters. The number of hydrogen-bond acceptors (Lipinski definition) is 0. The van der Waals surface area contributed by atoms with Crippen LogP contribution in [0.4, 0.5) is 0 Å². The van der Waals surface area contributed by atoms with Crippen LogP contribution in [0.5, 0.6) is 0 Å². The lowest BCUT2D eigenvalue weighted by Crippen LogP contribution is -2.75. The molecule has 272 valence electrons. The van der Waals surface area contributed by atoms with E-state index in [1.165, 1.54) is 92.7 Å². The van der Waals surface area contributed by atoms with Gasteiger partial charge in [0.05, 0.1) is 11.0 Å². The molecule has 9 aromatic carbocycles. The maximum absolute atomic E-state index is 2.85. The zero-order valence-corrected chi connectivity index (χ0v) is 33.0. The van der Waals surface area contributed by atoms with Gasteiger partial charge in [0.25, 0.3) is 0 Å². The van der Waals surface area contributed by atoms with Crippen molar-refractivity contribution in [3.8, 4) is 16.8 Å². The maximum atomic E-state index is 2.49. The van der Waals surface area contributed by atoms with Crippen LogP contribution in [0.15, 0.2) is 224 Å². The van der Waals surface area contributed by atoms with Gasteiger partial charge in [-0.25, -0.2) is 0 Å². The van der Waals surface area contributed by atoms with Gasteiger partial charge in [-0.3, -0.25) is 0 Å². The Labute approximate surface area is 340 Å². The van der Waals surface area contributed by atoms with E-state index >= 15 is 0 Å². The van der Waals surface area contributed by atoms with E-state index in [1.807, 2.05) is 0 Å². The van der Waals surface area contributed by atoms with Crippen molar-refractivity contribution in [1.29, 1.82) is 0 Å². The van der Waals surface area contributed by atoms with E-state index < -0.39 is 8.07 Å². The first-order valence-corrected chi connectivity index (χ1v) is 22.4. The topological polar surface area (TPSA) is 4.93 Å². The third-order valence-electron chi connectivity index (χ3n) is 13.1. The first-order chi connectivity index (χ1) is 28.8. The van der Waals surface area contributed by atoms with E-state index in [0.29, 0.717) is 0 Å². The molecule has 0 radical (unpaired) electrons. The van der Waals surface area contributed by atoms with E-state index in [-0.39, 0.29) is 11.8 Å². The Morgan fingerprint density at radius 1 is 0.345 bits per heavy atom. The number of benzene rings is 9. The number of aromatic nitrogens is 1. The van der Waals surface area contributed by atoms with Crippen LogP contribution in [0.1, 0.15) is 45.2 Å². The van der Waals surface area contributed by atoms with Crippen molar-refractivity contribution in [3.63, 3.8) is 0 Å². The molecule has 1 heterocycles. The Hall–Kier alpha value is -7.00. The summed E-state index contributed by atoms with van der Waals surface area (Å²) in [5, 5.41) is 8.26. The molecule has 58 heavy (non-hydrogen) atoms. The van der Waals surface area contributed by atoms with Crippen LogP contribution in [0.25, 0.3) is 38.6 Å². The molecular weight excluding hydrogens is 715 g/mol. The Morgan fingerprint density at radius 3 is 1.50 bits per heavy atom. The van der Waals surface area contributed by atoms with E-state index in [2.05, 4.69) is 229 Å². The molecule has 2 atom stereocenters. The van der Waals surface area contributed by atoms with Crippen LogP contribution >= 0.6 is 0 Å². The second kappa shape index (κ2) is 13.0. The van der Waals surface area contributed by atoms with Gasteiger partial charge in [0, 0.05) is 28.3 Å². The minimum atomic E-state index is -2.85. The lowest BCUT2D eigenvalue weighted by atomic mass is 9.60.